The first-order valence-electron chi connectivity index (χ1n) is 5.91. The van der Waals surface area contributed by atoms with Crippen LogP contribution in [0.5, 0.6) is 0 Å². The number of amides is 2. The number of carboxylic acids is 1. The van der Waals surface area contributed by atoms with Crippen LogP contribution in [-0.4, -0.2) is 28.9 Å². The Kier molecular flexibility index (Phi) is 3.84. The second-order valence-electron chi connectivity index (χ2n) is 4.46. The summed E-state index contributed by atoms with van der Waals surface area (Å²) in [7, 11) is 0. The van der Waals surface area contributed by atoms with Gasteiger partial charge in [0.1, 0.15) is 6.04 Å². The molecule has 2 rings (SSSR count). The normalized spacial score (nSPS) is 15.6. The molecule has 1 aliphatic rings. The fourth-order valence-electron chi connectivity index (χ4n) is 1.43. The Morgan fingerprint density at radius 2 is 2.05 bits per heavy atom. The summed E-state index contributed by atoms with van der Waals surface area (Å²) in [6.45, 7) is 1.39. The van der Waals surface area contributed by atoms with Crippen molar-refractivity contribution >= 4 is 34.1 Å². The van der Waals surface area contributed by atoms with Gasteiger partial charge in [-0.25, -0.2) is 0 Å². The predicted molar refractivity (Wildman–Crippen MR) is 70.2 cm³/mol. The van der Waals surface area contributed by atoms with Crippen molar-refractivity contribution in [2.45, 2.75) is 25.8 Å². The zero-order valence-corrected chi connectivity index (χ0v) is 11.1. The summed E-state index contributed by atoms with van der Waals surface area (Å²) in [5.41, 5.74) is 0. The van der Waals surface area contributed by atoms with E-state index in [2.05, 4.69) is 10.6 Å². The standard InChI is InChI=1S/C12H14N2O4S/c1-6(12(17)18)13-11(16)8-4-5-9(19-8)14-10(15)7-2-3-7/h4-7H,2-3H2,1H3,(H,13,16)(H,14,15)(H,17,18)/t6-/m1/s1. The molecule has 1 fully saturated rings. The molecule has 1 heterocycles. The molecule has 0 spiro atoms. The predicted octanol–water partition coefficient (Wildman–Crippen LogP) is 1.30. The summed E-state index contributed by atoms with van der Waals surface area (Å²) >= 11 is 1.13. The number of hydrogen-bond acceptors (Lipinski definition) is 4. The molecule has 2 amide bonds. The van der Waals surface area contributed by atoms with Crippen molar-refractivity contribution < 1.29 is 19.5 Å². The van der Waals surface area contributed by atoms with Gasteiger partial charge < -0.3 is 15.7 Å². The summed E-state index contributed by atoms with van der Waals surface area (Å²) in [6.07, 6.45) is 1.83. The van der Waals surface area contributed by atoms with Gasteiger partial charge in [0.2, 0.25) is 5.91 Å². The first kappa shape index (κ1) is 13.5. The zero-order valence-electron chi connectivity index (χ0n) is 10.3. The van der Waals surface area contributed by atoms with Gasteiger partial charge in [-0.1, -0.05) is 0 Å². The van der Waals surface area contributed by atoms with Crippen molar-refractivity contribution in [3.05, 3.63) is 17.0 Å². The topological polar surface area (TPSA) is 95.5 Å². The minimum atomic E-state index is -1.09. The number of anilines is 1. The smallest absolute Gasteiger partial charge is 0.325 e. The van der Waals surface area contributed by atoms with Gasteiger partial charge in [0, 0.05) is 5.92 Å². The summed E-state index contributed by atoms with van der Waals surface area (Å²) in [6, 6.07) is 2.27. The first-order chi connectivity index (χ1) is 8.97. The molecule has 0 aliphatic heterocycles. The Hall–Kier alpha value is -1.89. The highest BCUT2D eigenvalue weighted by Gasteiger charge is 2.30. The molecule has 0 saturated heterocycles. The average Bonchev–Trinajstić information content (AvgIpc) is 3.10. The minimum absolute atomic E-state index is 0.0206. The molecule has 1 saturated carbocycles. The number of aliphatic carboxylic acids is 1. The van der Waals surface area contributed by atoms with E-state index in [1.165, 1.54) is 6.92 Å². The molecule has 0 aromatic carbocycles. The highest BCUT2D eigenvalue weighted by molar-refractivity contribution is 7.18. The maximum Gasteiger partial charge on any atom is 0.325 e. The number of thiophene rings is 1. The van der Waals surface area contributed by atoms with Crippen LogP contribution in [0.1, 0.15) is 29.4 Å². The van der Waals surface area contributed by atoms with Gasteiger partial charge in [-0.3, -0.25) is 14.4 Å². The molecule has 102 valence electrons. The molecule has 19 heavy (non-hydrogen) atoms. The van der Waals surface area contributed by atoms with Gasteiger partial charge in [0.15, 0.2) is 0 Å². The van der Waals surface area contributed by atoms with Crippen LogP contribution < -0.4 is 10.6 Å². The van der Waals surface area contributed by atoms with Gasteiger partial charge in [0.25, 0.3) is 5.91 Å². The third-order valence-corrected chi connectivity index (χ3v) is 3.74. The fourth-order valence-corrected chi connectivity index (χ4v) is 2.24. The maximum absolute atomic E-state index is 11.7. The second kappa shape index (κ2) is 5.40. The van der Waals surface area contributed by atoms with E-state index < -0.39 is 17.9 Å². The number of carbonyl (C=O) groups excluding carboxylic acids is 2. The van der Waals surface area contributed by atoms with E-state index in [9.17, 15) is 14.4 Å². The Morgan fingerprint density at radius 3 is 2.63 bits per heavy atom. The summed E-state index contributed by atoms with van der Waals surface area (Å²) < 4.78 is 0. The summed E-state index contributed by atoms with van der Waals surface area (Å²) in [5, 5.41) is 14.4. The van der Waals surface area contributed by atoms with Crippen molar-refractivity contribution in [1.29, 1.82) is 0 Å². The van der Waals surface area contributed by atoms with E-state index >= 15 is 0 Å². The highest BCUT2D eigenvalue weighted by Crippen LogP contribution is 2.31. The highest BCUT2D eigenvalue weighted by atomic mass is 32.1. The van der Waals surface area contributed by atoms with E-state index in [1.54, 1.807) is 12.1 Å². The lowest BCUT2D eigenvalue weighted by Gasteiger charge is -2.07. The number of nitrogens with one attached hydrogen (secondary N) is 2. The van der Waals surface area contributed by atoms with Crippen LogP contribution in [0.2, 0.25) is 0 Å². The SMILES string of the molecule is C[C@@H](NC(=O)c1ccc(NC(=O)C2CC2)s1)C(=O)O. The largest absolute Gasteiger partial charge is 0.480 e. The van der Waals surface area contributed by atoms with Gasteiger partial charge in [0.05, 0.1) is 9.88 Å². The first-order valence-corrected chi connectivity index (χ1v) is 6.73. The number of hydrogen-bond donors (Lipinski definition) is 3. The monoisotopic (exact) mass is 282 g/mol. The third-order valence-electron chi connectivity index (χ3n) is 2.74. The Bertz CT molecular complexity index is 522. The van der Waals surface area contributed by atoms with E-state index in [0.29, 0.717) is 9.88 Å². The van der Waals surface area contributed by atoms with Crippen LogP contribution in [0.3, 0.4) is 0 Å². The molecule has 6 nitrogen and oxygen atoms in total. The van der Waals surface area contributed by atoms with Gasteiger partial charge in [-0.2, -0.15) is 0 Å². The molecule has 7 heteroatoms. The quantitative estimate of drug-likeness (QED) is 0.758. The van der Waals surface area contributed by atoms with E-state index in [1.807, 2.05) is 0 Å². The number of rotatable bonds is 5. The van der Waals surface area contributed by atoms with Crippen molar-refractivity contribution in [3.63, 3.8) is 0 Å². The van der Waals surface area contributed by atoms with Crippen LogP contribution in [0, 0.1) is 5.92 Å². The van der Waals surface area contributed by atoms with E-state index in [0.717, 1.165) is 24.2 Å². The number of carboxylic acid groups (broad SMARTS) is 1. The summed E-state index contributed by atoms with van der Waals surface area (Å²) in [5.74, 6) is -1.46. The lowest BCUT2D eigenvalue weighted by atomic mass is 10.3. The van der Waals surface area contributed by atoms with Crippen molar-refractivity contribution in [2.24, 2.45) is 5.92 Å². The van der Waals surface area contributed by atoms with Crippen molar-refractivity contribution in [1.82, 2.24) is 5.32 Å². The molecule has 0 bridgehead atoms. The van der Waals surface area contributed by atoms with Crippen molar-refractivity contribution in [3.8, 4) is 0 Å². The summed E-state index contributed by atoms with van der Waals surface area (Å²) in [4.78, 5) is 34.3. The molecule has 0 radical (unpaired) electrons. The minimum Gasteiger partial charge on any atom is -0.480 e. The van der Waals surface area contributed by atoms with Crippen LogP contribution in [-0.2, 0) is 9.59 Å². The molecular weight excluding hydrogens is 268 g/mol. The molecule has 0 unspecified atom stereocenters. The Labute approximate surface area is 113 Å². The third kappa shape index (κ3) is 3.54. The molecule has 1 aromatic heterocycles. The Balaban J connectivity index is 1.94. The molecule has 3 N–H and O–H groups in total. The van der Waals surface area contributed by atoms with E-state index in [-0.39, 0.29) is 11.8 Å². The molecular formula is C12H14N2O4S. The van der Waals surface area contributed by atoms with Crippen LogP contribution in [0.4, 0.5) is 5.00 Å². The number of carbonyl (C=O) groups is 3. The second-order valence-corrected chi connectivity index (χ2v) is 5.54. The molecule has 1 aliphatic carbocycles. The maximum atomic E-state index is 11.7. The lowest BCUT2D eigenvalue weighted by molar-refractivity contribution is -0.138. The van der Waals surface area contributed by atoms with Gasteiger partial charge in [-0.05, 0) is 31.9 Å². The van der Waals surface area contributed by atoms with E-state index in [4.69, 9.17) is 5.11 Å². The molecule has 1 aromatic rings. The van der Waals surface area contributed by atoms with Gasteiger partial charge in [-0.15, -0.1) is 11.3 Å². The van der Waals surface area contributed by atoms with Crippen molar-refractivity contribution in [2.75, 3.05) is 5.32 Å². The fraction of sp³-hybridized carbons (Fsp3) is 0.417. The van der Waals surface area contributed by atoms with Crippen LogP contribution >= 0.6 is 11.3 Å². The Morgan fingerprint density at radius 1 is 1.37 bits per heavy atom. The van der Waals surface area contributed by atoms with Gasteiger partial charge >= 0.3 is 5.97 Å². The molecule has 1 atom stereocenters. The zero-order chi connectivity index (χ0) is 14.0. The average molecular weight is 282 g/mol. The van der Waals surface area contributed by atoms with Crippen LogP contribution in [0.15, 0.2) is 12.1 Å². The lowest BCUT2D eigenvalue weighted by Crippen LogP contribution is -2.37. The van der Waals surface area contributed by atoms with Crippen LogP contribution in [0.25, 0.3) is 0 Å².